The van der Waals surface area contributed by atoms with Gasteiger partial charge in [0.1, 0.15) is 0 Å². The van der Waals surface area contributed by atoms with Crippen LogP contribution in [0.1, 0.15) is 47.2 Å². The number of benzene rings is 6. The van der Waals surface area contributed by atoms with E-state index in [1.54, 1.807) is 0 Å². The van der Waals surface area contributed by atoms with Gasteiger partial charge in [0, 0.05) is 22.2 Å². The lowest BCUT2D eigenvalue weighted by Crippen LogP contribution is -2.28. The normalized spacial score (nSPS) is 14.6. The van der Waals surface area contributed by atoms with Crippen molar-refractivity contribution < 1.29 is 0 Å². The molecule has 9 rings (SSSR count). The van der Waals surface area contributed by atoms with Crippen LogP contribution in [0.25, 0.3) is 44.6 Å². The van der Waals surface area contributed by atoms with Gasteiger partial charge in [0.2, 0.25) is 0 Å². The van der Waals surface area contributed by atoms with Crippen LogP contribution in [0.2, 0.25) is 5.02 Å². The maximum Gasteiger partial charge on any atom is 0.0714 e. The molecule has 0 aliphatic heterocycles. The lowest BCUT2D eigenvalue weighted by Gasteiger charge is -2.34. The van der Waals surface area contributed by atoms with E-state index in [0.717, 1.165) is 16.3 Å². The predicted octanol–water partition coefficient (Wildman–Crippen LogP) is 11.7. The van der Waals surface area contributed by atoms with Gasteiger partial charge in [0.05, 0.1) is 11.1 Å². The van der Waals surface area contributed by atoms with Gasteiger partial charge in [-0.3, -0.25) is 4.98 Å². The molecular formula is C45H32ClN. The van der Waals surface area contributed by atoms with E-state index >= 15 is 0 Å². The molecule has 0 amide bonds. The highest BCUT2D eigenvalue weighted by Gasteiger charge is 2.46. The maximum absolute atomic E-state index is 6.76. The van der Waals surface area contributed by atoms with Gasteiger partial charge in [-0.1, -0.05) is 135 Å². The summed E-state index contributed by atoms with van der Waals surface area (Å²) in [5.74, 6) is 0. The summed E-state index contributed by atoms with van der Waals surface area (Å²) in [4.78, 5) is 4.62. The van der Waals surface area contributed by atoms with E-state index in [9.17, 15) is 0 Å². The number of nitrogens with zero attached hydrogens (tertiary/aromatic N) is 1. The fraction of sp³-hybridized carbons (Fsp3) is 0.0889. The Labute approximate surface area is 281 Å². The first-order chi connectivity index (χ1) is 23.0. The Morgan fingerprint density at radius 1 is 0.447 bits per heavy atom. The lowest BCUT2D eigenvalue weighted by molar-refractivity contribution is 0.661. The van der Waals surface area contributed by atoms with E-state index in [1.165, 1.54) is 66.8 Å². The summed E-state index contributed by atoms with van der Waals surface area (Å²) in [7, 11) is 0. The molecule has 0 radical (unpaired) electrons. The third kappa shape index (κ3) is 4.06. The van der Waals surface area contributed by atoms with Gasteiger partial charge in [0.15, 0.2) is 0 Å². The number of hydrogen-bond acceptors (Lipinski definition) is 1. The lowest BCUT2D eigenvalue weighted by atomic mass is 9.67. The molecule has 47 heavy (non-hydrogen) atoms. The Hall–Kier alpha value is -5.24. The third-order valence-corrected chi connectivity index (χ3v) is 10.7. The molecule has 1 nitrogen and oxygen atoms in total. The Morgan fingerprint density at radius 2 is 0.915 bits per heavy atom. The fourth-order valence-corrected chi connectivity index (χ4v) is 8.42. The van der Waals surface area contributed by atoms with Gasteiger partial charge >= 0.3 is 0 Å². The zero-order chi connectivity index (χ0) is 31.8. The molecule has 2 aliphatic carbocycles. The third-order valence-electron chi connectivity index (χ3n) is 10.5. The Bertz CT molecular complexity index is 2280. The van der Waals surface area contributed by atoms with Crippen molar-refractivity contribution in [2.24, 2.45) is 0 Å². The second-order valence-electron chi connectivity index (χ2n) is 13.3. The topological polar surface area (TPSA) is 12.9 Å². The monoisotopic (exact) mass is 621 g/mol. The first kappa shape index (κ1) is 28.0. The van der Waals surface area contributed by atoms with E-state index in [1.807, 2.05) is 18.3 Å². The first-order valence-corrected chi connectivity index (χ1v) is 16.6. The summed E-state index contributed by atoms with van der Waals surface area (Å²) in [5, 5.41) is 0.750. The molecule has 6 aromatic carbocycles. The number of aromatic nitrogens is 1. The molecule has 224 valence electrons. The molecular weight excluding hydrogens is 590 g/mol. The minimum atomic E-state index is -0.498. The van der Waals surface area contributed by atoms with Crippen LogP contribution in [0.5, 0.6) is 0 Å². The van der Waals surface area contributed by atoms with E-state index in [4.69, 9.17) is 11.6 Å². The summed E-state index contributed by atoms with van der Waals surface area (Å²) in [6.45, 7) is 4.70. The van der Waals surface area contributed by atoms with Gasteiger partial charge in [-0.15, -0.1) is 0 Å². The van der Waals surface area contributed by atoms with Crippen LogP contribution >= 0.6 is 11.6 Å². The minimum Gasteiger partial charge on any atom is -0.256 e. The van der Waals surface area contributed by atoms with Crippen LogP contribution in [0.15, 0.2) is 158 Å². The van der Waals surface area contributed by atoms with Crippen molar-refractivity contribution in [2.45, 2.75) is 24.7 Å². The van der Waals surface area contributed by atoms with Gasteiger partial charge in [-0.2, -0.15) is 0 Å². The van der Waals surface area contributed by atoms with E-state index in [2.05, 4.69) is 158 Å². The number of fused-ring (bicyclic) bond motifs is 6. The van der Waals surface area contributed by atoms with E-state index in [0.29, 0.717) is 0 Å². The molecule has 1 aromatic heterocycles. The highest BCUT2D eigenvalue weighted by Crippen LogP contribution is 2.57. The first-order valence-electron chi connectivity index (χ1n) is 16.2. The second-order valence-corrected chi connectivity index (χ2v) is 13.7. The highest BCUT2D eigenvalue weighted by atomic mass is 35.5. The zero-order valence-corrected chi connectivity index (χ0v) is 27.1. The molecule has 0 fully saturated rings. The van der Waals surface area contributed by atoms with Crippen LogP contribution in [-0.2, 0) is 10.8 Å². The Balaban J connectivity index is 1.23. The van der Waals surface area contributed by atoms with E-state index in [-0.39, 0.29) is 5.41 Å². The summed E-state index contributed by atoms with van der Waals surface area (Å²) in [5.41, 5.74) is 16.7. The highest BCUT2D eigenvalue weighted by molar-refractivity contribution is 6.30. The molecule has 0 N–H and O–H groups in total. The molecule has 0 spiro atoms. The Kier molecular flexibility index (Phi) is 6.19. The molecule has 0 bridgehead atoms. The number of pyridine rings is 1. The van der Waals surface area contributed by atoms with Crippen LogP contribution in [-0.4, -0.2) is 4.98 Å². The summed E-state index contributed by atoms with van der Waals surface area (Å²) >= 11 is 6.76. The van der Waals surface area contributed by atoms with Crippen LogP contribution in [0.4, 0.5) is 0 Å². The Morgan fingerprint density at radius 3 is 1.49 bits per heavy atom. The molecule has 0 saturated heterocycles. The summed E-state index contributed by atoms with van der Waals surface area (Å²) < 4.78 is 0. The molecule has 0 atom stereocenters. The van der Waals surface area contributed by atoms with Crippen molar-refractivity contribution >= 4 is 11.6 Å². The average Bonchev–Trinajstić information content (AvgIpc) is 3.53. The SMILES string of the molecule is CC1(C)c2cc(-c3ccc4c(c3)C(c3ccccc3)(c3ccccc3)c3cc(Cl)ccc3-4)ccc2-c2ccc(-c3ccccn3)cc21. The van der Waals surface area contributed by atoms with Crippen molar-refractivity contribution in [3.63, 3.8) is 0 Å². The van der Waals surface area contributed by atoms with Crippen LogP contribution < -0.4 is 0 Å². The number of rotatable bonds is 4. The van der Waals surface area contributed by atoms with Crippen molar-refractivity contribution in [1.82, 2.24) is 4.98 Å². The minimum absolute atomic E-state index is 0.146. The van der Waals surface area contributed by atoms with Gasteiger partial charge in [0.25, 0.3) is 0 Å². The molecule has 1 heterocycles. The molecule has 2 heteroatoms. The smallest absolute Gasteiger partial charge is 0.0714 e. The maximum atomic E-state index is 6.76. The van der Waals surface area contributed by atoms with Gasteiger partial charge in [-0.25, -0.2) is 0 Å². The van der Waals surface area contributed by atoms with Crippen molar-refractivity contribution in [3.8, 4) is 44.6 Å². The van der Waals surface area contributed by atoms with Gasteiger partial charge < -0.3 is 0 Å². The zero-order valence-electron chi connectivity index (χ0n) is 26.3. The summed E-state index contributed by atoms with van der Waals surface area (Å²) in [6, 6.07) is 55.2. The molecule has 2 aliphatic rings. The molecule has 0 unspecified atom stereocenters. The summed E-state index contributed by atoms with van der Waals surface area (Å²) in [6.07, 6.45) is 1.86. The average molecular weight is 622 g/mol. The van der Waals surface area contributed by atoms with Crippen molar-refractivity contribution in [1.29, 1.82) is 0 Å². The molecule has 0 saturated carbocycles. The number of hydrogen-bond donors (Lipinski definition) is 0. The molecule has 7 aromatic rings. The van der Waals surface area contributed by atoms with Gasteiger partial charge in [-0.05, 0) is 109 Å². The predicted molar refractivity (Wildman–Crippen MR) is 195 cm³/mol. The van der Waals surface area contributed by atoms with Crippen molar-refractivity contribution in [2.75, 3.05) is 0 Å². The van der Waals surface area contributed by atoms with Crippen molar-refractivity contribution in [3.05, 3.63) is 196 Å². The quantitative estimate of drug-likeness (QED) is 0.190. The second kappa shape index (κ2) is 10.4. The fourth-order valence-electron chi connectivity index (χ4n) is 8.25. The standard InChI is InChI=1S/C45H32ClN/c1-44(2)39-25-29(16-20-35(39)36-22-18-31(27-40(36)44)43-15-9-10-24-47-43)30-17-21-37-38-23-19-34(46)28-42(38)45(41(37)26-30,32-11-5-3-6-12-32)33-13-7-4-8-14-33/h3-28H,1-2H3. The number of halogens is 1. The van der Waals surface area contributed by atoms with Crippen LogP contribution in [0.3, 0.4) is 0 Å². The van der Waals surface area contributed by atoms with Crippen LogP contribution in [0, 0.1) is 0 Å². The largest absolute Gasteiger partial charge is 0.256 e. The van der Waals surface area contributed by atoms with E-state index < -0.39 is 5.41 Å².